The van der Waals surface area contributed by atoms with Gasteiger partial charge in [0.05, 0.1) is 12.2 Å². The number of hydrogen-bond donors (Lipinski definition) is 1. The molecule has 2 fully saturated rings. The van der Waals surface area contributed by atoms with Crippen molar-refractivity contribution in [2.75, 3.05) is 73.0 Å². The molecule has 1 atom stereocenters. The van der Waals surface area contributed by atoms with Crippen molar-refractivity contribution in [1.29, 1.82) is 0 Å². The average Bonchev–Trinajstić information content (AvgIpc) is 3.07. The molecule has 0 radical (unpaired) electrons. The minimum absolute atomic E-state index is 0.495. The third-order valence-electron chi connectivity index (χ3n) is 5.50. The van der Waals surface area contributed by atoms with Crippen LogP contribution in [0.5, 0.6) is 0 Å². The van der Waals surface area contributed by atoms with Crippen LogP contribution in [0.3, 0.4) is 0 Å². The monoisotopic (exact) mass is 377 g/mol. The van der Waals surface area contributed by atoms with E-state index in [-0.39, 0.29) is 0 Å². The number of nitrogens with one attached hydrogen (secondary N) is 1. The van der Waals surface area contributed by atoms with Gasteiger partial charge < -0.3 is 19.6 Å². The van der Waals surface area contributed by atoms with Gasteiger partial charge in [0.15, 0.2) is 5.96 Å². The fraction of sp³-hybridized carbons (Fsp3) is 0.789. The summed E-state index contributed by atoms with van der Waals surface area (Å²) in [5.41, 5.74) is 1.02. The Bertz CT molecular complexity index is 609. The first-order chi connectivity index (χ1) is 13.0. The Hall–Kier alpha value is -1.64. The third-order valence-corrected chi connectivity index (χ3v) is 5.50. The molecule has 0 aliphatic carbocycles. The van der Waals surface area contributed by atoms with Crippen molar-refractivity contribution >= 4 is 5.96 Å². The molecule has 152 valence electrons. The molecule has 3 heterocycles. The molecule has 1 aromatic rings. The molecular weight excluding hydrogens is 342 g/mol. The molecule has 3 rings (SSSR count). The van der Waals surface area contributed by atoms with Gasteiger partial charge in [-0.3, -0.25) is 14.8 Å². The predicted molar refractivity (Wildman–Crippen MR) is 108 cm³/mol. The van der Waals surface area contributed by atoms with Crippen molar-refractivity contribution in [1.82, 2.24) is 30.1 Å². The molecule has 8 heteroatoms. The normalized spacial score (nSPS) is 23.8. The van der Waals surface area contributed by atoms with E-state index in [1.807, 2.05) is 13.0 Å². The number of nitrogens with zero attached hydrogens (tertiary/aromatic N) is 6. The minimum Gasteiger partial charge on any atom is -0.361 e. The van der Waals surface area contributed by atoms with Crippen molar-refractivity contribution in [3.63, 3.8) is 0 Å². The second-order valence-corrected chi connectivity index (χ2v) is 7.78. The van der Waals surface area contributed by atoms with Crippen LogP contribution in [0.4, 0.5) is 0 Å². The van der Waals surface area contributed by atoms with E-state index in [4.69, 9.17) is 9.52 Å². The number of rotatable bonds is 5. The molecule has 0 aromatic carbocycles. The van der Waals surface area contributed by atoms with Gasteiger partial charge in [-0.15, -0.1) is 0 Å². The van der Waals surface area contributed by atoms with Crippen LogP contribution >= 0.6 is 0 Å². The number of likely N-dealkylation sites (N-methyl/N-ethyl adjacent to an activating group) is 2. The number of aryl methyl sites for hydroxylation is 1. The molecule has 1 unspecified atom stereocenters. The summed E-state index contributed by atoms with van der Waals surface area (Å²) in [6.07, 6.45) is 0. The molecular formula is C19H35N7O. The second-order valence-electron chi connectivity index (χ2n) is 7.78. The molecule has 0 amide bonds. The molecule has 2 aliphatic rings. The van der Waals surface area contributed by atoms with Crippen molar-refractivity contribution in [3.8, 4) is 0 Å². The van der Waals surface area contributed by atoms with Crippen LogP contribution in [0.1, 0.15) is 18.4 Å². The molecule has 0 bridgehead atoms. The van der Waals surface area contributed by atoms with Gasteiger partial charge in [-0.2, -0.15) is 0 Å². The van der Waals surface area contributed by atoms with Crippen LogP contribution in [-0.2, 0) is 6.54 Å². The highest BCUT2D eigenvalue weighted by Gasteiger charge is 2.24. The first kappa shape index (κ1) is 20.1. The lowest BCUT2D eigenvalue weighted by atomic mass is 10.2. The van der Waals surface area contributed by atoms with Gasteiger partial charge in [0, 0.05) is 71.0 Å². The van der Waals surface area contributed by atoms with Crippen molar-refractivity contribution in [3.05, 3.63) is 17.5 Å². The Morgan fingerprint density at radius 2 is 2.00 bits per heavy atom. The van der Waals surface area contributed by atoms with E-state index in [1.54, 1.807) is 0 Å². The average molecular weight is 378 g/mol. The summed E-state index contributed by atoms with van der Waals surface area (Å²) in [7, 11) is 4.41. The van der Waals surface area contributed by atoms with Gasteiger partial charge in [-0.05, 0) is 27.9 Å². The fourth-order valence-corrected chi connectivity index (χ4v) is 3.76. The molecule has 27 heavy (non-hydrogen) atoms. The van der Waals surface area contributed by atoms with Gasteiger partial charge in [0.2, 0.25) is 0 Å². The Morgan fingerprint density at radius 1 is 1.22 bits per heavy atom. The Balaban J connectivity index is 1.52. The zero-order chi connectivity index (χ0) is 19.2. The van der Waals surface area contributed by atoms with E-state index in [0.29, 0.717) is 6.04 Å². The molecule has 1 N–H and O–H groups in total. The molecule has 0 saturated carbocycles. The van der Waals surface area contributed by atoms with Crippen molar-refractivity contribution in [2.24, 2.45) is 4.99 Å². The minimum atomic E-state index is 0.495. The van der Waals surface area contributed by atoms with Crippen LogP contribution in [0.15, 0.2) is 15.6 Å². The summed E-state index contributed by atoms with van der Waals surface area (Å²) in [6, 6.07) is 2.52. The third kappa shape index (κ3) is 5.67. The van der Waals surface area contributed by atoms with Gasteiger partial charge in [0.25, 0.3) is 0 Å². The number of hydrogen-bond acceptors (Lipinski definition) is 6. The van der Waals surface area contributed by atoms with E-state index in [9.17, 15) is 0 Å². The van der Waals surface area contributed by atoms with Crippen LogP contribution < -0.4 is 5.32 Å². The lowest BCUT2D eigenvalue weighted by Gasteiger charge is -2.38. The van der Waals surface area contributed by atoms with Crippen molar-refractivity contribution in [2.45, 2.75) is 26.4 Å². The smallest absolute Gasteiger partial charge is 0.194 e. The van der Waals surface area contributed by atoms with E-state index in [2.05, 4.69) is 51.1 Å². The lowest BCUT2D eigenvalue weighted by molar-refractivity contribution is 0.119. The topological polar surface area (TPSA) is 63.4 Å². The van der Waals surface area contributed by atoms with Gasteiger partial charge in [-0.25, -0.2) is 0 Å². The standard InChI is InChI=1S/C19H35N7O/c1-5-20-19(21-13-18-15-23(3)6-7-24(18)4)26-10-8-25(9-11-26)14-17-12-16(2)27-22-17/h12,18H,5-11,13-15H2,1-4H3,(H,20,21). The van der Waals surface area contributed by atoms with E-state index in [0.717, 1.165) is 82.9 Å². The fourth-order valence-electron chi connectivity index (χ4n) is 3.76. The zero-order valence-electron chi connectivity index (χ0n) is 17.3. The molecule has 0 spiro atoms. The second kappa shape index (κ2) is 9.52. The molecule has 8 nitrogen and oxygen atoms in total. The summed E-state index contributed by atoms with van der Waals surface area (Å²) >= 11 is 0. The first-order valence-corrected chi connectivity index (χ1v) is 10.1. The zero-order valence-corrected chi connectivity index (χ0v) is 17.3. The highest BCUT2D eigenvalue weighted by atomic mass is 16.5. The predicted octanol–water partition coefficient (Wildman–Crippen LogP) is 0.312. The van der Waals surface area contributed by atoms with Crippen LogP contribution in [0.2, 0.25) is 0 Å². The van der Waals surface area contributed by atoms with E-state index >= 15 is 0 Å². The maximum absolute atomic E-state index is 5.18. The SMILES string of the molecule is CCNC(=NCC1CN(C)CCN1C)N1CCN(Cc2cc(C)on2)CC1. The Kier molecular flexibility index (Phi) is 7.09. The highest BCUT2D eigenvalue weighted by molar-refractivity contribution is 5.80. The summed E-state index contributed by atoms with van der Waals surface area (Å²) < 4.78 is 5.18. The summed E-state index contributed by atoms with van der Waals surface area (Å²) in [5, 5.41) is 7.60. The van der Waals surface area contributed by atoms with Crippen LogP contribution in [0.25, 0.3) is 0 Å². The number of piperazine rings is 2. The Labute approximate surface area is 163 Å². The van der Waals surface area contributed by atoms with Gasteiger partial charge in [0.1, 0.15) is 5.76 Å². The lowest BCUT2D eigenvalue weighted by Crippen LogP contribution is -2.54. The maximum atomic E-state index is 5.18. The van der Waals surface area contributed by atoms with E-state index < -0.39 is 0 Å². The van der Waals surface area contributed by atoms with Crippen LogP contribution in [-0.4, -0.2) is 110 Å². The maximum Gasteiger partial charge on any atom is 0.194 e. The van der Waals surface area contributed by atoms with Gasteiger partial charge >= 0.3 is 0 Å². The molecule has 2 aliphatic heterocycles. The number of guanidine groups is 1. The first-order valence-electron chi connectivity index (χ1n) is 10.1. The van der Waals surface area contributed by atoms with E-state index in [1.165, 1.54) is 0 Å². The number of aliphatic imine (C=N–C) groups is 1. The molecule has 1 aromatic heterocycles. The highest BCUT2D eigenvalue weighted by Crippen LogP contribution is 2.10. The summed E-state index contributed by atoms with van der Waals surface area (Å²) in [4.78, 5) is 14.6. The van der Waals surface area contributed by atoms with Crippen LogP contribution in [0, 0.1) is 6.92 Å². The van der Waals surface area contributed by atoms with Gasteiger partial charge in [-0.1, -0.05) is 5.16 Å². The van der Waals surface area contributed by atoms with Crippen molar-refractivity contribution < 1.29 is 4.52 Å². The summed E-state index contributed by atoms with van der Waals surface area (Å²) in [5.74, 6) is 1.93. The largest absolute Gasteiger partial charge is 0.361 e. The summed E-state index contributed by atoms with van der Waals surface area (Å²) in [6.45, 7) is 14.0. The quantitative estimate of drug-likeness (QED) is 0.585. The Morgan fingerprint density at radius 3 is 2.67 bits per heavy atom. The molecule has 2 saturated heterocycles. The number of aromatic nitrogens is 1.